The van der Waals surface area contributed by atoms with Gasteiger partial charge in [0.1, 0.15) is 5.82 Å². The summed E-state index contributed by atoms with van der Waals surface area (Å²) in [5.74, 6) is -0.436. The summed E-state index contributed by atoms with van der Waals surface area (Å²) in [5.41, 5.74) is 1.03. The molecule has 0 bridgehead atoms. The Labute approximate surface area is 116 Å². The summed E-state index contributed by atoms with van der Waals surface area (Å²) in [7, 11) is -3.71. The Morgan fingerprint density at radius 1 is 1.05 bits per heavy atom. The predicted molar refractivity (Wildman–Crippen MR) is 73.0 cm³/mol. The smallest absolute Gasteiger partial charge is 0.261 e. The van der Waals surface area contributed by atoms with Crippen LogP contribution in [0.5, 0.6) is 0 Å². The fourth-order valence-corrected chi connectivity index (χ4v) is 2.67. The topological polar surface area (TPSA) is 70.0 Å². The Morgan fingerprint density at radius 3 is 2.20 bits per heavy atom. The van der Waals surface area contributed by atoms with Crippen LogP contribution in [-0.2, 0) is 16.4 Å². The van der Waals surface area contributed by atoms with Crippen molar-refractivity contribution in [2.45, 2.75) is 11.3 Å². The van der Waals surface area contributed by atoms with Crippen LogP contribution in [0.25, 0.3) is 0 Å². The zero-order valence-corrected chi connectivity index (χ0v) is 11.2. The van der Waals surface area contributed by atoms with E-state index in [1.807, 2.05) is 6.07 Å². The molecule has 0 unspecified atom stereocenters. The molecule has 0 spiro atoms. The number of sulfonamides is 1. The van der Waals surface area contributed by atoms with E-state index in [0.717, 1.165) is 5.56 Å². The highest BCUT2D eigenvalue weighted by Crippen LogP contribution is 2.17. The molecule has 0 aliphatic heterocycles. The zero-order chi connectivity index (χ0) is 14.6. The van der Waals surface area contributed by atoms with Crippen molar-refractivity contribution >= 4 is 15.7 Å². The van der Waals surface area contributed by atoms with Crippen molar-refractivity contribution < 1.29 is 12.8 Å². The van der Waals surface area contributed by atoms with Gasteiger partial charge in [0.2, 0.25) is 0 Å². The molecule has 6 heteroatoms. The molecule has 0 atom stereocenters. The number of hydrogen-bond donors (Lipinski definition) is 1. The van der Waals surface area contributed by atoms with Gasteiger partial charge in [0.05, 0.1) is 17.4 Å². The van der Waals surface area contributed by atoms with Crippen LogP contribution in [0.3, 0.4) is 0 Å². The Kier molecular flexibility index (Phi) is 4.01. The lowest BCUT2D eigenvalue weighted by atomic mass is 10.2. The predicted octanol–water partition coefficient (Wildman–Crippen LogP) is 2.69. The molecule has 4 nitrogen and oxygen atoms in total. The lowest BCUT2D eigenvalue weighted by Crippen LogP contribution is -2.12. The second-order valence-electron chi connectivity index (χ2n) is 4.09. The van der Waals surface area contributed by atoms with Crippen molar-refractivity contribution in [1.29, 1.82) is 5.26 Å². The second-order valence-corrected chi connectivity index (χ2v) is 5.77. The minimum atomic E-state index is -3.71. The van der Waals surface area contributed by atoms with Gasteiger partial charge in [0.25, 0.3) is 10.0 Å². The van der Waals surface area contributed by atoms with Gasteiger partial charge in [0.15, 0.2) is 0 Å². The zero-order valence-electron chi connectivity index (χ0n) is 10.4. The highest BCUT2D eigenvalue weighted by molar-refractivity contribution is 7.92. The molecular weight excluding hydrogens is 279 g/mol. The molecule has 2 rings (SSSR count). The minimum absolute atomic E-state index is 0.0866. The number of rotatable bonds is 4. The minimum Gasteiger partial charge on any atom is -0.280 e. The van der Waals surface area contributed by atoms with Crippen LogP contribution < -0.4 is 4.72 Å². The summed E-state index contributed by atoms with van der Waals surface area (Å²) in [6.45, 7) is 0. The molecule has 102 valence electrons. The number of nitriles is 1. The number of halogens is 1. The standard InChI is InChI=1S/C14H11FN2O2S/c15-12-3-5-13(6-4-12)17-20(18,19)14-7-1-11(2-8-14)9-10-16/h1-8,17H,9H2. The van der Waals surface area contributed by atoms with Gasteiger partial charge in [-0.15, -0.1) is 0 Å². The van der Waals surface area contributed by atoms with Crippen LogP contribution in [-0.4, -0.2) is 8.42 Å². The monoisotopic (exact) mass is 290 g/mol. The van der Waals surface area contributed by atoms with Crippen molar-refractivity contribution in [2.24, 2.45) is 0 Å². The molecule has 0 radical (unpaired) electrons. The molecule has 0 heterocycles. The van der Waals surface area contributed by atoms with Crippen LogP contribution in [0.4, 0.5) is 10.1 Å². The highest BCUT2D eigenvalue weighted by Gasteiger charge is 2.13. The summed E-state index contributed by atoms with van der Waals surface area (Å²) >= 11 is 0. The summed E-state index contributed by atoms with van der Waals surface area (Å²) in [5, 5.41) is 8.55. The molecule has 0 saturated heterocycles. The van der Waals surface area contributed by atoms with E-state index >= 15 is 0 Å². The number of nitrogens with one attached hydrogen (secondary N) is 1. The molecule has 2 aromatic rings. The van der Waals surface area contributed by atoms with Gasteiger partial charge in [-0.2, -0.15) is 5.26 Å². The van der Waals surface area contributed by atoms with E-state index in [1.165, 1.54) is 36.4 Å². The maximum absolute atomic E-state index is 12.8. The van der Waals surface area contributed by atoms with Gasteiger partial charge in [-0.05, 0) is 42.0 Å². The average molecular weight is 290 g/mol. The number of nitrogens with zero attached hydrogens (tertiary/aromatic N) is 1. The lowest BCUT2D eigenvalue weighted by Gasteiger charge is -2.08. The summed E-state index contributed by atoms with van der Waals surface area (Å²) < 4.78 is 39.3. The second kappa shape index (κ2) is 5.72. The van der Waals surface area contributed by atoms with Gasteiger partial charge in [-0.1, -0.05) is 12.1 Å². The van der Waals surface area contributed by atoms with E-state index < -0.39 is 15.8 Å². The Bertz CT molecular complexity index is 732. The first-order valence-corrected chi connectivity index (χ1v) is 7.24. The Balaban J connectivity index is 2.22. The van der Waals surface area contributed by atoms with E-state index in [0.29, 0.717) is 0 Å². The van der Waals surface area contributed by atoms with Gasteiger partial charge >= 0.3 is 0 Å². The van der Waals surface area contributed by atoms with Gasteiger partial charge in [-0.3, -0.25) is 4.72 Å². The van der Waals surface area contributed by atoms with E-state index in [4.69, 9.17) is 5.26 Å². The summed E-state index contributed by atoms with van der Waals surface area (Å²) in [6.07, 6.45) is 0.228. The molecule has 0 saturated carbocycles. The lowest BCUT2D eigenvalue weighted by molar-refractivity contribution is 0.601. The van der Waals surface area contributed by atoms with Gasteiger partial charge in [0, 0.05) is 5.69 Å². The Morgan fingerprint density at radius 2 is 1.65 bits per heavy atom. The maximum atomic E-state index is 12.8. The van der Waals surface area contributed by atoms with E-state index in [1.54, 1.807) is 12.1 Å². The first-order valence-electron chi connectivity index (χ1n) is 5.75. The molecular formula is C14H11FN2O2S. The largest absolute Gasteiger partial charge is 0.280 e. The SMILES string of the molecule is N#CCc1ccc(S(=O)(=O)Nc2ccc(F)cc2)cc1. The maximum Gasteiger partial charge on any atom is 0.261 e. The number of anilines is 1. The van der Waals surface area contributed by atoms with E-state index in [9.17, 15) is 12.8 Å². The molecule has 0 aliphatic rings. The van der Waals surface area contributed by atoms with E-state index in [-0.39, 0.29) is 17.0 Å². The van der Waals surface area contributed by atoms with Crippen molar-refractivity contribution in [2.75, 3.05) is 4.72 Å². The van der Waals surface area contributed by atoms with Crippen LogP contribution in [0.1, 0.15) is 5.56 Å². The fourth-order valence-electron chi connectivity index (χ4n) is 1.61. The van der Waals surface area contributed by atoms with E-state index in [2.05, 4.69) is 4.72 Å². The normalized spacial score (nSPS) is 10.8. The number of benzene rings is 2. The number of hydrogen-bond acceptors (Lipinski definition) is 3. The molecule has 0 amide bonds. The average Bonchev–Trinajstić information content (AvgIpc) is 2.42. The van der Waals surface area contributed by atoms with Crippen LogP contribution in [0.2, 0.25) is 0 Å². The summed E-state index contributed by atoms with van der Waals surface area (Å²) in [6, 6.07) is 13.1. The van der Waals surface area contributed by atoms with Gasteiger partial charge < -0.3 is 0 Å². The third kappa shape index (κ3) is 3.33. The summed E-state index contributed by atoms with van der Waals surface area (Å²) in [4.78, 5) is 0.0866. The fraction of sp³-hybridized carbons (Fsp3) is 0.0714. The Hall–Kier alpha value is -2.39. The highest BCUT2D eigenvalue weighted by atomic mass is 32.2. The first-order chi connectivity index (χ1) is 9.51. The molecule has 0 aromatic heterocycles. The molecule has 0 fully saturated rings. The van der Waals surface area contributed by atoms with Crippen molar-refractivity contribution in [3.63, 3.8) is 0 Å². The first kappa shape index (κ1) is 14.0. The van der Waals surface area contributed by atoms with Crippen molar-refractivity contribution in [3.8, 4) is 6.07 Å². The molecule has 1 N–H and O–H groups in total. The van der Waals surface area contributed by atoms with Crippen molar-refractivity contribution in [1.82, 2.24) is 0 Å². The van der Waals surface area contributed by atoms with Gasteiger partial charge in [-0.25, -0.2) is 12.8 Å². The van der Waals surface area contributed by atoms with Crippen LogP contribution in [0, 0.1) is 17.1 Å². The van der Waals surface area contributed by atoms with Crippen LogP contribution >= 0.6 is 0 Å². The quantitative estimate of drug-likeness (QED) is 0.941. The molecule has 20 heavy (non-hydrogen) atoms. The third-order valence-corrected chi connectivity index (χ3v) is 4.01. The van der Waals surface area contributed by atoms with Crippen molar-refractivity contribution in [3.05, 3.63) is 59.9 Å². The van der Waals surface area contributed by atoms with Crippen LogP contribution in [0.15, 0.2) is 53.4 Å². The molecule has 0 aliphatic carbocycles. The third-order valence-electron chi connectivity index (χ3n) is 2.61. The molecule has 2 aromatic carbocycles.